The average molecular weight is 438 g/mol. The van der Waals surface area contributed by atoms with Crippen LogP contribution in [0.5, 0.6) is 23.1 Å². The van der Waals surface area contributed by atoms with Crippen LogP contribution in [-0.4, -0.2) is 55.5 Å². The second kappa shape index (κ2) is 8.03. The third-order valence-electron chi connectivity index (χ3n) is 5.69. The summed E-state index contributed by atoms with van der Waals surface area (Å²) in [7, 11) is 16.3. The molecule has 1 aromatic carbocycles. The normalized spacial score (nSPS) is 17.7. The summed E-state index contributed by atoms with van der Waals surface area (Å²) in [5.41, 5.74) is 2.65. The molecule has 0 N–H and O–H groups in total. The van der Waals surface area contributed by atoms with E-state index in [1.54, 1.807) is 61.8 Å². The number of imidazole rings is 1. The van der Waals surface area contributed by atoms with Crippen LogP contribution in [-0.2, 0) is 5.34 Å². The van der Waals surface area contributed by atoms with Gasteiger partial charge in [0.05, 0.1) is 36.2 Å². The summed E-state index contributed by atoms with van der Waals surface area (Å²) >= 11 is 0. The van der Waals surface area contributed by atoms with Crippen LogP contribution in [0.4, 0.5) is 0 Å². The van der Waals surface area contributed by atoms with Crippen molar-refractivity contribution < 1.29 is 18.9 Å². The van der Waals surface area contributed by atoms with E-state index >= 15 is 0 Å². The summed E-state index contributed by atoms with van der Waals surface area (Å²) < 4.78 is 24.9. The topological polar surface area (TPSA) is 80.5 Å². The molecular formula is C23H20B2N4O4. The number of benzene rings is 1. The molecule has 0 spiro atoms. The van der Waals surface area contributed by atoms with Crippen molar-refractivity contribution in [3.8, 4) is 23.1 Å². The second-order valence-electron chi connectivity index (χ2n) is 7.79. The van der Waals surface area contributed by atoms with E-state index in [-0.39, 0.29) is 6.10 Å². The number of aromatic nitrogens is 4. The van der Waals surface area contributed by atoms with Gasteiger partial charge in [0, 0.05) is 24.0 Å². The first-order chi connectivity index (χ1) is 15.9. The number of rotatable bonds is 5. The number of hydrogen-bond donors (Lipinski definition) is 0. The standard InChI is InChI=1S/C23H20B2N4O4/c1-13-20(14-6-7-19(31-3)27-11-14)33-21-17(30-2)9-15(10-18(21)32-13)23(24,25)29-12-28-16-5-4-8-26-22(16)29/h4-13,20H,1-3H3/t13-,20+/m0/s1. The second-order valence-corrected chi connectivity index (χ2v) is 7.79. The minimum absolute atomic E-state index is 0.312. The van der Waals surface area contributed by atoms with Gasteiger partial charge in [-0.25, -0.2) is 15.0 Å². The average Bonchev–Trinajstić information content (AvgIpc) is 3.28. The van der Waals surface area contributed by atoms with Crippen LogP contribution >= 0.6 is 0 Å². The number of fused-ring (bicyclic) bond motifs is 2. The van der Waals surface area contributed by atoms with Crippen molar-refractivity contribution in [3.63, 3.8) is 0 Å². The summed E-state index contributed by atoms with van der Waals surface area (Å²) in [5.74, 6) is 1.91. The van der Waals surface area contributed by atoms with Crippen molar-refractivity contribution in [2.24, 2.45) is 0 Å². The first-order valence-electron chi connectivity index (χ1n) is 10.3. The molecule has 162 valence electrons. The molecule has 2 atom stereocenters. The van der Waals surface area contributed by atoms with E-state index in [9.17, 15) is 0 Å². The summed E-state index contributed by atoms with van der Waals surface area (Å²) in [6, 6.07) is 10.8. The molecule has 0 saturated heterocycles. The first-order valence-corrected chi connectivity index (χ1v) is 10.3. The van der Waals surface area contributed by atoms with Crippen molar-refractivity contribution in [2.45, 2.75) is 24.5 Å². The van der Waals surface area contributed by atoms with E-state index in [1.165, 1.54) is 0 Å². The summed E-state index contributed by atoms with van der Waals surface area (Å²) in [4.78, 5) is 13.0. The van der Waals surface area contributed by atoms with Gasteiger partial charge in [-0.1, -0.05) is 0 Å². The fraction of sp³-hybridized carbons (Fsp3) is 0.261. The smallest absolute Gasteiger partial charge is 0.212 e. The van der Waals surface area contributed by atoms with Gasteiger partial charge in [0.2, 0.25) is 11.6 Å². The monoisotopic (exact) mass is 438 g/mol. The zero-order valence-corrected chi connectivity index (χ0v) is 18.4. The largest absolute Gasteiger partial charge is 0.493 e. The molecule has 0 bridgehead atoms. The Kier molecular flexibility index (Phi) is 5.15. The molecule has 0 saturated carbocycles. The predicted molar refractivity (Wildman–Crippen MR) is 123 cm³/mol. The lowest BCUT2D eigenvalue weighted by atomic mass is 9.57. The van der Waals surface area contributed by atoms with Crippen molar-refractivity contribution in [1.82, 2.24) is 19.5 Å². The molecule has 3 aromatic heterocycles. The Bertz CT molecular complexity index is 1310. The Labute approximate surface area is 193 Å². The highest BCUT2D eigenvalue weighted by Crippen LogP contribution is 2.47. The highest BCUT2D eigenvalue weighted by atomic mass is 16.6. The molecule has 4 heterocycles. The zero-order valence-electron chi connectivity index (χ0n) is 18.4. The predicted octanol–water partition coefficient (Wildman–Crippen LogP) is 2.74. The molecule has 10 heteroatoms. The van der Waals surface area contributed by atoms with Crippen LogP contribution in [0, 0.1) is 0 Å². The fourth-order valence-corrected chi connectivity index (χ4v) is 3.93. The number of ether oxygens (including phenoxy) is 4. The quantitative estimate of drug-likeness (QED) is 0.444. The van der Waals surface area contributed by atoms with Gasteiger partial charge in [0.25, 0.3) is 0 Å². The van der Waals surface area contributed by atoms with Crippen LogP contribution in [0.25, 0.3) is 11.2 Å². The highest BCUT2D eigenvalue weighted by molar-refractivity contribution is 6.40. The molecule has 8 nitrogen and oxygen atoms in total. The molecule has 1 aliphatic heterocycles. The number of methoxy groups -OCH3 is 2. The molecule has 33 heavy (non-hydrogen) atoms. The number of nitrogens with zero attached hydrogens (tertiary/aromatic N) is 4. The van der Waals surface area contributed by atoms with E-state index in [0.717, 1.165) is 5.56 Å². The Morgan fingerprint density at radius 2 is 1.88 bits per heavy atom. The van der Waals surface area contributed by atoms with E-state index in [2.05, 4.69) is 15.0 Å². The van der Waals surface area contributed by atoms with E-state index in [1.807, 2.05) is 19.1 Å². The van der Waals surface area contributed by atoms with Gasteiger partial charge in [-0.3, -0.25) is 0 Å². The minimum atomic E-state index is -1.46. The SMILES string of the molecule is [B]C([B])(c1cc(OC)c2c(c1)O[C@@H](C)[C@H](c1ccc(OC)nc1)O2)n1cnc2cccnc21. The minimum Gasteiger partial charge on any atom is -0.493 e. The molecule has 4 radical (unpaired) electrons. The Hall–Kier alpha value is -3.68. The van der Waals surface area contributed by atoms with Crippen LogP contribution in [0.1, 0.15) is 24.2 Å². The first kappa shape index (κ1) is 21.2. The number of hydrogen-bond acceptors (Lipinski definition) is 7. The van der Waals surface area contributed by atoms with Crippen molar-refractivity contribution in [2.75, 3.05) is 14.2 Å². The fourth-order valence-electron chi connectivity index (χ4n) is 3.93. The lowest BCUT2D eigenvalue weighted by Gasteiger charge is -2.35. The van der Waals surface area contributed by atoms with Gasteiger partial charge in [-0.05, 0) is 48.2 Å². The molecule has 0 amide bonds. The van der Waals surface area contributed by atoms with Gasteiger partial charge in [0.15, 0.2) is 23.3 Å². The molecule has 4 aromatic rings. The molecular weight excluding hydrogens is 418 g/mol. The van der Waals surface area contributed by atoms with Crippen LogP contribution in [0.3, 0.4) is 0 Å². The maximum atomic E-state index is 6.60. The molecule has 0 unspecified atom stereocenters. The van der Waals surface area contributed by atoms with Crippen molar-refractivity contribution >= 4 is 26.9 Å². The van der Waals surface area contributed by atoms with E-state index in [4.69, 9.17) is 34.6 Å². The van der Waals surface area contributed by atoms with E-state index < -0.39 is 11.4 Å². The maximum absolute atomic E-state index is 6.60. The van der Waals surface area contributed by atoms with Gasteiger partial charge in [0.1, 0.15) is 11.6 Å². The lowest BCUT2D eigenvalue weighted by molar-refractivity contribution is 0.0277. The molecule has 0 aliphatic carbocycles. The number of pyridine rings is 2. The molecule has 1 aliphatic rings. The molecule has 5 rings (SSSR count). The summed E-state index contributed by atoms with van der Waals surface area (Å²) in [6.07, 6.45) is 4.23. The van der Waals surface area contributed by atoms with Gasteiger partial charge in [-0.15, -0.1) is 0 Å². The Morgan fingerprint density at radius 3 is 2.61 bits per heavy atom. The van der Waals surface area contributed by atoms with Gasteiger partial charge >= 0.3 is 0 Å². The lowest BCUT2D eigenvalue weighted by Crippen LogP contribution is -2.36. The van der Waals surface area contributed by atoms with Crippen LogP contribution in [0.2, 0.25) is 0 Å². The highest BCUT2D eigenvalue weighted by Gasteiger charge is 2.35. The van der Waals surface area contributed by atoms with Gasteiger partial charge in [-0.2, -0.15) is 0 Å². The van der Waals surface area contributed by atoms with Crippen molar-refractivity contribution in [1.29, 1.82) is 0 Å². The Morgan fingerprint density at radius 1 is 1.03 bits per heavy atom. The van der Waals surface area contributed by atoms with E-state index in [0.29, 0.717) is 39.9 Å². The summed E-state index contributed by atoms with van der Waals surface area (Å²) in [6.45, 7) is 1.92. The third kappa shape index (κ3) is 3.55. The van der Waals surface area contributed by atoms with Crippen molar-refractivity contribution in [3.05, 3.63) is 66.2 Å². The zero-order chi connectivity index (χ0) is 23.2. The molecule has 0 fully saturated rings. The van der Waals surface area contributed by atoms with Crippen LogP contribution < -0.4 is 18.9 Å². The van der Waals surface area contributed by atoms with Crippen LogP contribution in [0.15, 0.2) is 55.1 Å². The maximum Gasteiger partial charge on any atom is 0.212 e. The third-order valence-corrected chi connectivity index (χ3v) is 5.69. The Balaban J connectivity index is 1.54. The van der Waals surface area contributed by atoms with Gasteiger partial charge < -0.3 is 23.5 Å². The summed E-state index contributed by atoms with van der Waals surface area (Å²) in [5, 5.41) is -1.46.